The van der Waals surface area contributed by atoms with Crippen molar-refractivity contribution >= 4 is 11.9 Å². The zero-order valence-electron chi connectivity index (χ0n) is 10.6. The normalized spacial score (nSPS) is 26.5. The van der Waals surface area contributed by atoms with Gasteiger partial charge in [-0.1, -0.05) is 30.3 Å². The summed E-state index contributed by atoms with van der Waals surface area (Å²) in [5, 5.41) is 11.9. The van der Waals surface area contributed by atoms with Crippen molar-refractivity contribution in [3.05, 3.63) is 35.9 Å². The summed E-state index contributed by atoms with van der Waals surface area (Å²) in [4.78, 5) is 23.4. The maximum atomic E-state index is 12.1. The molecule has 0 unspecified atom stereocenters. The van der Waals surface area contributed by atoms with Gasteiger partial charge >= 0.3 is 5.97 Å². The first kappa shape index (κ1) is 12.2. The highest BCUT2D eigenvalue weighted by Crippen LogP contribution is 2.54. The summed E-state index contributed by atoms with van der Waals surface area (Å²) in [5.74, 6) is 0.148. The second-order valence-electron chi connectivity index (χ2n) is 5.53. The number of rotatable bonds is 5. The minimum Gasteiger partial charge on any atom is -0.479 e. The predicted molar refractivity (Wildman–Crippen MR) is 69.3 cm³/mol. The third-order valence-electron chi connectivity index (χ3n) is 4.07. The molecule has 19 heavy (non-hydrogen) atoms. The SMILES string of the molecule is O=C(O)[C@H](NC(=O)[C@@H]1C[C@H]1C1CC1)c1ccccc1. The van der Waals surface area contributed by atoms with Gasteiger partial charge in [-0.05, 0) is 36.7 Å². The van der Waals surface area contributed by atoms with Crippen LogP contribution in [0.15, 0.2) is 30.3 Å². The Kier molecular flexibility index (Phi) is 3.01. The average Bonchev–Trinajstić information content (AvgIpc) is 3.28. The molecule has 2 aliphatic rings. The van der Waals surface area contributed by atoms with Crippen LogP contribution >= 0.6 is 0 Å². The summed E-state index contributed by atoms with van der Waals surface area (Å²) in [7, 11) is 0. The largest absolute Gasteiger partial charge is 0.479 e. The van der Waals surface area contributed by atoms with E-state index < -0.39 is 12.0 Å². The van der Waals surface area contributed by atoms with Gasteiger partial charge in [0.1, 0.15) is 0 Å². The van der Waals surface area contributed by atoms with Crippen LogP contribution in [0.4, 0.5) is 0 Å². The molecule has 100 valence electrons. The fraction of sp³-hybridized carbons (Fsp3) is 0.467. The van der Waals surface area contributed by atoms with E-state index >= 15 is 0 Å². The summed E-state index contributed by atoms with van der Waals surface area (Å²) >= 11 is 0. The molecule has 3 rings (SSSR count). The Morgan fingerprint density at radius 3 is 2.47 bits per heavy atom. The highest BCUT2D eigenvalue weighted by atomic mass is 16.4. The highest BCUT2D eigenvalue weighted by Gasteiger charge is 2.51. The molecule has 2 fully saturated rings. The standard InChI is InChI=1S/C15H17NO3/c17-14(12-8-11(12)9-6-7-9)16-13(15(18)19)10-4-2-1-3-5-10/h1-5,9,11-13H,6-8H2,(H,16,17)(H,18,19)/t11-,12+,13+/m0/s1. The van der Waals surface area contributed by atoms with Crippen LogP contribution in [0.1, 0.15) is 30.9 Å². The minimum absolute atomic E-state index is 0.0399. The zero-order valence-corrected chi connectivity index (χ0v) is 10.6. The quantitative estimate of drug-likeness (QED) is 0.849. The maximum absolute atomic E-state index is 12.1. The van der Waals surface area contributed by atoms with Crippen molar-refractivity contribution in [2.24, 2.45) is 17.8 Å². The first-order valence-electron chi connectivity index (χ1n) is 6.75. The van der Waals surface area contributed by atoms with Gasteiger partial charge in [-0.15, -0.1) is 0 Å². The Balaban J connectivity index is 1.65. The van der Waals surface area contributed by atoms with Gasteiger partial charge in [-0.25, -0.2) is 4.79 Å². The van der Waals surface area contributed by atoms with Gasteiger partial charge in [-0.2, -0.15) is 0 Å². The molecule has 0 aromatic heterocycles. The lowest BCUT2D eigenvalue weighted by Crippen LogP contribution is -2.35. The number of aliphatic carboxylic acids is 1. The van der Waals surface area contributed by atoms with E-state index in [2.05, 4.69) is 5.32 Å². The fourth-order valence-corrected chi connectivity index (χ4v) is 2.74. The number of carboxylic acid groups (broad SMARTS) is 1. The molecule has 0 saturated heterocycles. The Hall–Kier alpha value is -1.84. The number of nitrogens with one attached hydrogen (secondary N) is 1. The highest BCUT2D eigenvalue weighted by molar-refractivity contribution is 5.87. The van der Waals surface area contributed by atoms with Crippen molar-refractivity contribution in [2.45, 2.75) is 25.3 Å². The molecule has 2 saturated carbocycles. The first-order valence-corrected chi connectivity index (χ1v) is 6.75. The van der Waals surface area contributed by atoms with Gasteiger partial charge in [0.15, 0.2) is 6.04 Å². The van der Waals surface area contributed by atoms with Crippen molar-refractivity contribution in [1.29, 1.82) is 0 Å². The van der Waals surface area contributed by atoms with E-state index in [0.717, 1.165) is 12.3 Å². The molecule has 0 aliphatic heterocycles. The van der Waals surface area contributed by atoms with Gasteiger partial charge < -0.3 is 10.4 Å². The van der Waals surface area contributed by atoms with E-state index in [1.807, 2.05) is 6.07 Å². The topological polar surface area (TPSA) is 66.4 Å². The molecule has 4 nitrogen and oxygen atoms in total. The lowest BCUT2D eigenvalue weighted by atomic mass is 10.1. The molecule has 0 radical (unpaired) electrons. The van der Waals surface area contributed by atoms with Crippen molar-refractivity contribution in [3.63, 3.8) is 0 Å². The summed E-state index contributed by atoms with van der Waals surface area (Å²) in [5.41, 5.74) is 0.618. The summed E-state index contributed by atoms with van der Waals surface area (Å²) in [6.45, 7) is 0. The van der Waals surface area contributed by atoms with Crippen molar-refractivity contribution in [3.8, 4) is 0 Å². The van der Waals surface area contributed by atoms with E-state index in [4.69, 9.17) is 0 Å². The molecule has 0 heterocycles. The van der Waals surface area contributed by atoms with Crippen LogP contribution < -0.4 is 5.32 Å². The molecule has 0 bridgehead atoms. The number of benzene rings is 1. The molecule has 1 aromatic carbocycles. The number of hydrogen-bond donors (Lipinski definition) is 2. The van der Waals surface area contributed by atoms with Crippen LogP contribution in [0.25, 0.3) is 0 Å². The van der Waals surface area contributed by atoms with E-state index in [0.29, 0.717) is 11.5 Å². The maximum Gasteiger partial charge on any atom is 0.330 e. The fourth-order valence-electron chi connectivity index (χ4n) is 2.74. The van der Waals surface area contributed by atoms with Gasteiger partial charge in [0, 0.05) is 5.92 Å². The van der Waals surface area contributed by atoms with Gasteiger partial charge in [0.25, 0.3) is 0 Å². The Morgan fingerprint density at radius 1 is 1.21 bits per heavy atom. The Labute approximate surface area is 111 Å². The van der Waals surface area contributed by atoms with E-state index in [9.17, 15) is 14.7 Å². The number of hydrogen-bond acceptors (Lipinski definition) is 2. The number of amides is 1. The van der Waals surface area contributed by atoms with Crippen LogP contribution in [0.5, 0.6) is 0 Å². The third-order valence-corrected chi connectivity index (χ3v) is 4.07. The second-order valence-corrected chi connectivity index (χ2v) is 5.53. The molecule has 3 atom stereocenters. The van der Waals surface area contributed by atoms with Gasteiger partial charge in [0.05, 0.1) is 0 Å². The Morgan fingerprint density at radius 2 is 1.89 bits per heavy atom. The number of carbonyl (C=O) groups is 2. The zero-order chi connectivity index (χ0) is 13.4. The van der Waals surface area contributed by atoms with Gasteiger partial charge in [0.2, 0.25) is 5.91 Å². The van der Waals surface area contributed by atoms with Crippen molar-refractivity contribution in [2.75, 3.05) is 0 Å². The minimum atomic E-state index is -1.01. The predicted octanol–water partition coefficient (Wildman–Crippen LogP) is 1.97. The molecular weight excluding hydrogens is 242 g/mol. The van der Waals surface area contributed by atoms with Crippen LogP contribution in [0, 0.1) is 17.8 Å². The summed E-state index contributed by atoms with van der Waals surface area (Å²) in [6, 6.07) is 7.90. The molecule has 2 N–H and O–H groups in total. The third kappa shape index (κ3) is 2.62. The average molecular weight is 259 g/mol. The number of carboxylic acids is 1. The molecule has 0 spiro atoms. The lowest BCUT2D eigenvalue weighted by molar-refractivity contribution is -0.142. The van der Waals surface area contributed by atoms with Gasteiger partial charge in [-0.3, -0.25) is 4.79 Å². The molecular formula is C15H17NO3. The van der Waals surface area contributed by atoms with E-state index in [1.165, 1.54) is 12.8 Å². The molecule has 1 aromatic rings. The van der Waals surface area contributed by atoms with Crippen LogP contribution in [0.2, 0.25) is 0 Å². The van der Waals surface area contributed by atoms with E-state index in [1.54, 1.807) is 24.3 Å². The molecule has 1 amide bonds. The lowest BCUT2D eigenvalue weighted by Gasteiger charge is -2.14. The number of carbonyl (C=O) groups excluding carboxylic acids is 1. The Bertz CT molecular complexity index is 495. The van der Waals surface area contributed by atoms with Crippen LogP contribution in [-0.2, 0) is 9.59 Å². The van der Waals surface area contributed by atoms with Crippen molar-refractivity contribution in [1.82, 2.24) is 5.32 Å². The summed E-state index contributed by atoms with van der Waals surface area (Å²) < 4.78 is 0. The smallest absolute Gasteiger partial charge is 0.330 e. The van der Waals surface area contributed by atoms with Crippen LogP contribution in [0.3, 0.4) is 0 Å². The monoisotopic (exact) mass is 259 g/mol. The first-order chi connectivity index (χ1) is 9.16. The molecule has 4 heteroatoms. The van der Waals surface area contributed by atoms with Crippen LogP contribution in [-0.4, -0.2) is 17.0 Å². The summed E-state index contributed by atoms with van der Waals surface area (Å²) in [6.07, 6.45) is 3.39. The second kappa shape index (κ2) is 4.68. The molecule has 2 aliphatic carbocycles. The van der Waals surface area contributed by atoms with Crippen molar-refractivity contribution < 1.29 is 14.7 Å². The van der Waals surface area contributed by atoms with E-state index in [-0.39, 0.29) is 11.8 Å².